The quantitative estimate of drug-likeness (QED) is 0.0222. The van der Waals surface area contributed by atoms with Gasteiger partial charge < -0.3 is 33.8 Å². The highest BCUT2D eigenvalue weighted by molar-refractivity contribution is 7.47. The smallest absolute Gasteiger partial charge is 0.462 e. The molecule has 0 saturated carbocycles. The Balaban J connectivity index is 5.23. The van der Waals surface area contributed by atoms with Gasteiger partial charge in [-0.1, -0.05) is 381 Å². The Morgan fingerprint density at radius 3 is 0.710 bits per heavy atom. The molecule has 0 aliphatic rings. The van der Waals surface area contributed by atoms with Gasteiger partial charge in [0.25, 0.3) is 0 Å². The highest BCUT2D eigenvalue weighted by Gasteiger charge is 2.30. The summed E-state index contributed by atoms with van der Waals surface area (Å²) in [6, 6.07) is 0. The minimum absolute atomic E-state index is 0.107. The fraction of sp³-hybridized carbons (Fsp3) is 0.951. The molecule has 17 nitrogen and oxygen atoms in total. The number of aliphatic hydroxyl groups excluding tert-OH is 1. The Morgan fingerprint density at radius 1 is 0.280 bits per heavy atom. The van der Waals surface area contributed by atoms with Crippen LogP contribution in [0.5, 0.6) is 0 Å². The topological polar surface area (TPSA) is 237 Å². The summed E-state index contributed by atoms with van der Waals surface area (Å²) >= 11 is 0. The summed E-state index contributed by atoms with van der Waals surface area (Å²) < 4.78 is 68.7. The molecule has 0 bridgehead atoms. The number of phosphoric ester groups is 2. The highest BCUT2D eigenvalue weighted by atomic mass is 31.2. The van der Waals surface area contributed by atoms with Crippen molar-refractivity contribution in [1.82, 2.24) is 0 Å². The average Bonchev–Trinajstić information content (AvgIpc) is 0.952. The van der Waals surface area contributed by atoms with E-state index in [1.165, 1.54) is 250 Å². The fourth-order valence-corrected chi connectivity index (χ4v) is 14.1. The molecule has 3 N–H and O–H groups in total. The minimum Gasteiger partial charge on any atom is -0.462 e. The molecular weight excluding hydrogens is 1310 g/mol. The number of esters is 4. The molecule has 0 aromatic carbocycles. The lowest BCUT2D eigenvalue weighted by molar-refractivity contribution is -0.161. The lowest BCUT2D eigenvalue weighted by atomic mass is 10.00. The molecule has 0 aliphatic carbocycles. The number of phosphoric acid groups is 2. The first-order valence-corrected chi connectivity index (χ1v) is 45.2. The third-order valence-corrected chi connectivity index (χ3v) is 21.3. The molecular formula is C81H158O17P2. The number of hydrogen-bond acceptors (Lipinski definition) is 15. The first-order chi connectivity index (χ1) is 48.6. The van der Waals surface area contributed by atoms with E-state index in [1.807, 2.05) is 0 Å². The Labute approximate surface area is 613 Å². The van der Waals surface area contributed by atoms with Crippen LogP contribution in [0.4, 0.5) is 0 Å². The zero-order valence-corrected chi connectivity index (χ0v) is 67.1. The van der Waals surface area contributed by atoms with Gasteiger partial charge in [-0.3, -0.25) is 37.3 Å². The van der Waals surface area contributed by atoms with Gasteiger partial charge in [-0.15, -0.1) is 0 Å². The van der Waals surface area contributed by atoms with Gasteiger partial charge in [0.05, 0.1) is 26.4 Å². The maximum Gasteiger partial charge on any atom is 0.472 e. The van der Waals surface area contributed by atoms with Crippen molar-refractivity contribution in [3.05, 3.63) is 0 Å². The third-order valence-electron chi connectivity index (χ3n) is 19.4. The van der Waals surface area contributed by atoms with Crippen LogP contribution in [0, 0.1) is 5.92 Å². The van der Waals surface area contributed by atoms with Crippen LogP contribution in [0.1, 0.15) is 433 Å². The maximum absolute atomic E-state index is 13.1. The highest BCUT2D eigenvalue weighted by Crippen LogP contribution is 2.45. The van der Waals surface area contributed by atoms with Crippen molar-refractivity contribution in [2.45, 2.75) is 451 Å². The molecule has 100 heavy (non-hydrogen) atoms. The number of unbranched alkanes of at least 4 members (excludes halogenated alkanes) is 52. The normalized spacial score (nSPS) is 14.1. The number of hydrogen-bond donors (Lipinski definition) is 3. The second kappa shape index (κ2) is 73.9. The molecule has 0 amide bonds. The standard InChI is InChI=1S/C81H158O17P2/c1-6-10-13-16-19-22-25-28-30-32-34-36-38-41-44-47-50-57-62-67-80(85)97-76(70-91-78(83)64-59-54-48-45-42-40-37-35-33-31-29-26-23-20-17-14-11-7-2)72-95-99(87,88)93-68-75(82)69-94-100(89,90)96-73-77(71-92-79(84)65-60-55-52-51-53-58-63-74(5)9-4)98-81(86)66-61-56-49-46-43-39-27-24-21-18-15-12-8-3/h74-77,82H,6-73H2,1-5H3,(H,87,88)(H,89,90)/t74?,75-,76-,77-/m1/s1. The van der Waals surface area contributed by atoms with E-state index in [2.05, 4.69) is 34.6 Å². The molecule has 19 heteroatoms. The molecule has 0 rings (SSSR count). The van der Waals surface area contributed by atoms with Gasteiger partial charge in [-0.2, -0.15) is 0 Å². The summed E-state index contributed by atoms with van der Waals surface area (Å²) in [4.78, 5) is 73.0. The van der Waals surface area contributed by atoms with Crippen LogP contribution in [0.2, 0.25) is 0 Å². The van der Waals surface area contributed by atoms with Crippen molar-refractivity contribution in [2.75, 3.05) is 39.6 Å². The second-order valence-electron chi connectivity index (χ2n) is 29.4. The Morgan fingerprint density at radius 2 is 0.480 bits per heavy atom. The van der Waals surface area contributed by atoms with Crippen molar-refractivity contribution >= 4 is 39.5 Å². The van der Waals surface area contributed by atoms with Crippen LogP contribution in [0.25, 0.3) is 0 Å². The number of ether oxygens (including phenoxy) is 4. The van der Waals surface area contributed by atoms with Gasteiger partial charge in [0.2, 0.25) is 0 Å². The Kier molecular flexibility index (Phi) is 72.5. The SMILES string of the molecule is CCCCCCCCCCCCCCCCCCCCCC(=O)O[C@H](COC(=O)CCCCCCCCCCCCCCCCCCCC)COP(=O)(O)OC[C@@H](O)COP(=O)(O)OC[C@@H](COC(=O)CCCCCCCCC(C)CC)OC(=O)CCCCCCCCCCCCCCC. The van der Waals surface area contributed by atoms with Gasteiger partial charge in [0, 0.05) is 25.7 Å². The molecule has 0 aliphatic heterocycles. The van der Waals surface area contributed by atoms with E-state index >= 15 is 0 Å². The van der Waals surface area contributed by atoms with Gasteiger partial charge in [0.1, 0.15) is 19.3 Å². The maximum atomic E-state index is 13.1. The van der Waals surface area contributed by atoms with Crippen LogP contribution < -0.4 is 0 Å². The number of aliphatic hydroxyl groups is 1. The predicted molar refractivity (Wildman–Crippen MR) is 409 cm³/mol. The van der Waals surface area contributed by atoms with Gasteiger partial charge >= 0.3 is 39.5 Å². The van der Waals surface area contributed by atoms with E-state index in [-0.39, 0.29) is 25.7 Å². The zero-order chi connectivity index (χ0) is 73.4. The molecule has 0 fully saturated rings. The largest absolute Gasteiger partial charge is 0.472 e. The third kappa shape index (κ3) is 73.0. The van der Waals surface area contributed by atoms with E-state index in [0.717, 1.165) is 102 Å². The number of carbonyl (C=O) groups is 4. The Hall–Kier alpha value is -1.94. The van der Waals surface area contributed by atoms with Crippen LogP contribution >= 0.6 is 15.6 Å². The number of carbonyl (C=O) groups excluding carboxylic acids is 4. The monoisotopic (exact) mass is 1470 g/mol. The van der Waals surface area contributed by atoms with Gasteiger partial charge in [0.15, 0.2) is 12.2 Å². The lowest BCUT2D eigenvalue weighted by Gasteiger charge is -2.21. The van der Waals surface area contributed by atoms with Crippen LogP contribution in [0.15, 0.2) is 0 Å². The first-order valence-electron chi connectivity index (χ1n) is 42.2. The molecule has 0 heterocycles. The summed E-state index contributed by atoms with van der Waals surface area (Å²) in [6.07, 6.45) is 65.3. The molecule has 6 atom stereocenters. The summed E-state index contributed by atoms with van der Waals surface area (Å²) in [6.45, 7) is 7.29. The molecule has 0 radical (unpaired) electrons. The van der Waals surface area contributed by atoms with Crippen molar-refractivity contribution in [3.63, 3.8) is 0 Å². The van der Waals surface area contributed by atoms with Crippen molar-refractivity contribution in [1.29, 1.82) is 0 Å². The van der Waals surface area contributed by atoms with Gasteiger partial charge in [-0.25, -0.2) is 9.13 Å². The van der Waals surface area contributed by atoms with Crippen molar-refractivity contribution in [3.8, 4) is 0 Å². The van der Waals surface area contributed by atoms with Crippen molar-refractivity contribution in [2.24, 2.45) is 5.92 Å². The molecule has 3 unspecified atom stereocenters. The van der Waals surface area contributed by atoms with E-state index < -0.39 is 97.5 Å². The van der Waals surface area contributed by atoms with E-state index in [0.29, 0.717) is 25.7 Å². The van der Waals surface area contributed by atoms with Crippen LogP contribution in [0.3, 0.4) is 0 Å². The van der Waals surface area contributed by atoms with Gasteiger partial charge in [-0.05, 0) is 31.6 Å². The summed E-state index contributed by atoms with van der Waals surface area (Å²) in [7, 11) is -9.92. The minimum atomic E-state index is -4.96. The van der Waals surface area contributed by atoms with E-state index in [1.54, 1.807) is 0 Å². The zero-order valence-electron chi connectivity index (χ0n) is 65.3. The van der Waals surface area contributed by atoms with E-state index in [4.69, 9.17) is 37.0 Å². The summed E-state index contributed by atoms with van der Waals surface area (Å²) in [5, 5.41) is 10.6. The lowest BCUT2D eigenvalue weighted by Crippen LogP contribution is -2.30. The van der Waals surface area contributed by atoms with E-state index in [9.17, 15) is 43.2 Å². The summed E-state index contributed by atoms with van der Waals surface area (Å²) in [5.74, 6) is -1.38. The summed E-state index contributed by atoms with van der Waals surface area (Å²) in [5.41, 5.74) is 0. The predicted octanol–water partition coefficient (Wildman–Crippen LogP) is 24.4. The van der Waals surface area contributed by atoms with Crippen molar-refractivity contribution < 1.29 is 80.2 Å². The molecule has 0 aromatic heterocycles. The number of rotatable bonds is 81. The molecule has 0 saturated heterocycles. The second-order valence-corrected chi connectivity index (χ2v) is 32.3. The molecule has 0 aromatic rings. The molecule has 594 valence electrons. The first kappa shape index (κ1) is 98.1. The van der Waals surface area contributed by atoms with Crippen LogP contribution in [-0.2, 0) is 65.4 Å². The molecule has 0 spiro atoms. The fourth-order valence-electron chi connectivity index (χ4n) is 12.6. The van der Waals surface area contributed by atoms with Crippen LogP contribution in [-0.4, -0.2) is 96.7 Å². The Bertz CT molecular complexity index is 1910. The average molecular weight is 1470 g/mol.